The lowest BCUT2D eigenvalue weighted by molar-refractivity contribution is -0.164. The van der Waals surface area contributed by atoms with Crippen molar-refractivity contribution in [2.45, 2.75) is 52.2 Å². The minimum absolute atomic E-state index is 0.419. The molecule has 0 aliphatic heterocycles. The summed E-state index contributed by atoms with van der Waals surface area (Å²) in [6.45, 7) is 7.08. The van der Waals surface area contributed by atoms with Crippen LogP contribution in [0.15, 0.2) is 0 Å². The number of esters is 1. The van der Waals surface area contributed by atoms with E-state index in [0.29, 0.717) is 12.8 Å². The van der Waals surface area contributed by atoms with Gasteiger partial charge in [0.1, 0.15) is 11.6 Å². The van der Waals surface area contributed by atoms with Crippen molar-refractivity contribution < 1.29 is 19.4 Å². The maximum Gasteiger partial charge on any atom is 0.321 e. The largest absolute Gasteiger partial charge is 0.480 e. The number of carboxylic acids is 1. The molecule has 0 aromatic heterocycles. The highest BCUT2D eigenvalue weighted by Gasteiger charge is 2.33. The molecule has 0 saturated carbocycles. The Balaban J connectivity index is 4.65. The first kappa shape index (κ1) is 14.9. The van der Waals surface area contributed by atoms with Crippen molar-refractivity contribution in [3.05, 3.63) is 0 Å². The predicted molar refractivity (Wildman–Crippen MR) is 59.9 cm³/mol. The third-order valence-electron chi connectivity index (χ3n) is 2.03. The monoisotopic (exact) mass is 231 g/mol. The molecule has 94 valence electrons. The minimum Gasteiger partial charge on any atom is -0.480 e. The van der Waals surface area contributed by atoms with E-state index in [0.717, 1.165) is 0 Å². The van der Waals surface area contributed by atoms with E-state index in [9.17, 15) is 9.59 Å². The van der Waals surface area contributed by atoms with Crippen LogP contribution in [0.25, 0.3) is 0 Å². The molecule has 3 N–H and O–H groups in total. The first-order valence-corrected chi connectivity index (χ1v) is 5.40. The molecule has 5 nitrogen and oxygen atoms in total. The lowest BCUT2D eigenvalue weighted by Gasteiger charge is -2.25. The number of nitrogens with two attached hydrogens (primary N) is 1. The highest BCUT2D eigenvalue weighted by molar-refractivity contribution is 5.83. The summed E-state index contributed by atoms with van der Waals surface area (Å²) in [5.41, 5.74) is 4.84. The van der Waals surface area contributed by atoms with Crippen LogP contribution >= 0.6 is 0 Å². The van der Waals surface area contributed by atoms with Crippen LogP contribution in [-0.4, -0.2) is 28.7 Å². The molecule has 0 amide bonds. The van der Waals surface area contributed by atoms with Crippen LogP contribution in [0.2, 0.25) is 0 Å². The third kappa shape index (κ3) is 5.11. The zero-order valence-corrected chi connectivity index (χ0v) is 10.3. The number of ether oxygens (including phenoxy) is 1. The number of hydrogen-bond acceptors (Lipinski definition) is 4. The summed E-state index contributed by atoms with van der Waals surface area (Å²) in [4.78, 5) is 22.5. The van der Waals surface area contributed by atoms with E-state index < -0.39 is 29.5 Å². The SMILES string of the molecule is CCC[C@@H](C(=O)OC(C)(C)C)[C@@H](N)C(=O)O. The van der Waals surface area contributed by atoms with E-state index in [2.05, 4.69) is 0 Å². The van der Waals surface area contributed by atoms with Gasteiger partial charge in [0.05, 0.1) is 5.92 Å². The molecule has 0 bridgehead atoms. The van der Waals surface area contributed by atoms with Gasteiger partial charge in [-0.2, -0.15) is 0 Å². The molecular formula is C11H21NO4. The molecule has 2 atom stereocenters. The zero-order chi connectivity index (χ0) is 12.9. The lowest BCUT2D eigenvalue weighted by atomic mass is 9.95. The normalized spacial score (nSPS) is 15.3. The minimum atomic E-state index is -1.20. The number of carbonyl (C=O) groups is 2. The Kier molecular flexibility index (Phi) is 5.44. The van der Waals surface area contributed by atoms with Gasteiger partial charge in [-0.25, -0.2) is 0 Å². The summed E-state index contributed by atoms with van der Waals surface area (Å²) in [5, 5.41) is 8.79. The Morgan fingerprint density at radius 3 is 2.19 bits per heavy atom. The van der Waals surface area contributed by atoms with Crippen LogP contribution < -0.4 is 5.73 Å². The van der Waals surface area contributed by atoms with Gasteiger partial charge >= 0.3 is 11.9 Å². The molecule has 0 aliphatic carbocycles. The van der Waals surface area contributed by atoms with Crippen molar-refractivity contribution in [3.63, 3.8) is 0 Å². The first-order valence-electron chi connectivity index (χ1n) is 5.40. The summed E-state index contributed by atoms with van der Waals surface area (Å²) in [5.74, 6) is -2.49. The zero-order valence-electron chi connectivity index (χ0n) is 10.3. The number of aliphatic carboxylic acids is 1. The van der Waals surface area contributed by atoms with Gasteiger partial charge in [-0.1, -0.05) is 13.3 Å². The lowest BCUT2D eigenvalue weighted by Crippen LogP contribution is -2.44. The average molecular weight is 231 g/mol. The second kappa shape index (κ2) is 5.84. The van der Waals surface area contributed by atoms with Crippen LogP contribution in [0.1, 0.15) is 40.5 Å². The quantitative estimate of drug-likeness (QED) is 0.693. The fourth-order valence-corrected chi connectivity index (χ4v) is 1.30. The number of carboxylic acid groups (broad SMARTS) is 1. The molecule has 0 aromatic rings. The molecule has 0 spiro atoms. The van der Waals surface area contributed by atoms with Crippen molar-refractivity contribution in [2.75, 3.05) is 0 Å². The number of rotatable bonds is 5. The highest BCUT2D eigenvalue weighted by atomic mass is 16.6. The van der Waals surface area contributed by atoms with Crippen molar-refractivity contribution in [3.8, 4) is 0 Å². The fraction of sp³-hybridized carbons (Fsp3) is 0.818. The van der Waals surface area contributed by atoms with Gasteiger partial charge in [-0.05, 0) is 27.2 Å². The Labute approximate surface area is 96.0 Å². The molecule has 0 saturated heterocycles. The van der Waals surface area contributed by atoms with Crippen LogP contribution in [0.3, 0.4) is 0 Å². The molecule has 16 heavy (non-hydrogen) atoms. The van der Waals surface area contributed by atoms with Crippen molar-refractivity contribution in [1.29, 1.82) is 0 Å². The molecule has 0 fully saturated rings. The van der Waals surface area contributed by atoms with Gasteiger partial charge in [0.15, 0.2) is 0 Å². The third-order valence-corrected chi connectivity index (χ3v) is 2.03. The maximum atomic E-state index is 11.7. The van der Waals surface area contributed by atoms with Gasteiger partial charge < -0.3 is 15.6 Å². The average Bonchev–Trinajstić information content (AvgIpc) is 2.09. The smallest absolute Gasteiger partial charge is 0.321 e. The van der Waals surface area contributed by atoms with E-state index >= 15 is 0 Å². The molecule has 0 heterocycles. The van der Waals surface area contributed by atoms with Gasteiger partial charge in [-0.3, -0.25) is 9.59 Å². The fourth-order valence-electron chi connectivity index (χ4n) is 1.30. The highest BCUT2D eigenvalue weighted by Crippen LogP contribution is 2.17. The van der Waals surface area contributed by atoms with Crippen molar-refractivity contribution >= 4 is 11.9 Å². The second-order valence-corrected chi connectivity index (χ2v) is 4.79. The van der Waals surface area contributed by atoms with E-state index in [-0.39, 0.29) is 0 Å². The number of carbonyl (C=O) groups excluding carboxylic acids is 1. The van der Waals surface area contributed by atoms with Crippen LogP contribution in [-0.2, 0) is 14.3 Å². The van der Waals surface area contributed by atoms with Crippen LogP contribution in [0.5, 0.6) is 0 Å². The molecule has 0 unspecified atom stereocenters. The molecule has 0 aromatic carbocycles. The van der Waals surface area contributed by atoms with E-state index in [1.54, 1.807) is 20.8 Å². The van der Waals surface area contributed by atoms with Gasteiger partial charge in [0.25, 0.3) is 0 Å². The standard InChI is InChI=1S/C11H21NO4/c1-5-6-7(8(12)9(13)14)10(15)16-11(2,3)4/h7-8H,5-6,12H2,1-4H3,(H,13,14)/t7-,8-/m1/s1. The first-order chi connectivity index (χ1) is 7.19. The topological polar surface area (TPSA) is 89.6 Å². The van der Waals surface area contributed by atoms with Gasteiger partial charge in [0, 0.05) is 0 Å². The van der Waals surface area contributed by atoms with Crippen LogP contribution in [0.4, 0.5) is 0 Å². The van der Waals surface area contributed by atoms with Crippen molar-refractivity contribution in [2.24, 2.45) is 11.7 Å². The predicted octanol–water partition coefficient (Wildman–Crippen LogP) is 1.16. The summed E-state index contributed by atoms with van der Waals surface area (Å²) in [7, 11) is 0. The van der Waals surface area contributed by atoms with Crippen molar-refractivity contribution in [1.82, 2.24) is 0 Å². The summed E-state index contributed by atoms with van der Waals surface area (Å²) < 4.78 is 5.14. The number of hydrogen-bond donors (Lipinski definition) is 2. The molecular weight excluding hydrogens is 210 g/mol. The molecule has 0 radical (unpaired) electrons. The van der Waals surface area contributed by atoms with E-state index in [1.807, 2.05) is 6.92 Å². The Morgan fingerprint density at radius 2 is 1.88 bits per heavy atom. The maximum absolute atomic E-state index is 11.7. The van der Waals surface area contributed by atoms with Gasteiger partial charge in [0.2, 0.25) is 0 Å². The summed E-state index contributed by atoms with van der Waals surface area (Å²) >= 11 is 0. The van der Waals surface area contributed by atoms with Crippen LogP contribution in [0, 0.1) is 5.92 Å². The molecule has 5 heteroatoms. The molecule has 0 rings (SSSR count). The Morgan fingerprint density at radius 1 is 1.38 bits per heavy atom. The Hall–Kier alpha value is -1.10. The van der Waals surface area contributed by atoms with Gasteiger partial charge in [-0.15, -0.1) is 0 Å². The van der Waals surface area contributed by atoms with E-state index in [4.69, 9.17) is 15.6 Å². The molecule has 0 aliphatic rings. The van der Waals surface area contributed by atoms with E-state index in [1.165, 1.54) is 0 Å². The second-order valence-electron chi connectivity index (χ2n) is 4.79. The Bertz CT molecular complexity index is 257. The summed E-state index contributed by atoms with van der Waals surface area (Å²) in [6.07, 6.45) is 1.10. The summed E-state index contributed by atoms with van der Waals surface area (Å²) in [6, 6.07) is -1.20.